The average Bonchev–Trinajstić information content (AvgIpc) is 2.37. The second-order valence-electron chi connectivity index (χ2n) is 4.41. The molecule has 19 heavy (non-hydrogen) atoms. The molecule has 0 aliphatic carbocycles. The van der Waals surface area contributed by atoms with Gasteiger partial charge < -0.3 is 16.2 Å². The SMILES string of the molecule is CC[C@H](C)[C@H](NC(=O)c1ccc(N)c(I)c1)C(=O)O. The number of rotatable bonds is 5. The molecule has 5 nitrogen and oxygen atoms in total. The maximum absolute atomic E-state index is 12.0. The molecule has 1 aromatic carbocycles. The van der Waals surface area contributed by atoms with Crippen LogP contribution in [0.3, 0.4) is 0 Å². The average molecular weight is 376 g/mol. The predicted octanol–water partition coefficient (Wildman–Crippen LogP) is 2.10. The lowest BCUT2D eigenvalue weighted by atomic mass is 9.99. The maximum Gasteiger partial charge on any atom is 0.326 e. The van der Waals surface area contributed by atoms with Crippen molar-refractivity contribution in [3.8, 4) is 0 Å². The molecule has 2 atom stereocenters. The number of amides is 1. The first-order chi connectivity index (χ1) is 8.86. The third kappa shape index (κ3) is 4.09. The van der Waals surface area contributed by atoms with Gasteiger partial charge in [0.2, 0.25) is 0 Å². The summed E-state index contributed by atoms with van der Waals surface area (Å²) >= 11 is 2.03. The van der Waals surface area contributed by atoms with E-state index in [0.717, 1.165) is 3.57 Å². The number of benzene rings is 1. The lowest BCUT2D eigenvalue weighted by Crippen LogP contribution is -2.45. The van der Waals surface area contributed by atoms with Crippen molar-refractivity contribution in [2.24, 2.45) is 5.92 Å². The van der Waals surface area contributed by atoms with Crippen LogP contribution in [0.4, 0.5) is 5.69 Å². The number of nitrogen functional groups attached to an aromatic ring is 1. The van der Waals surface area contributed by atoms with Crippen molar-refractivity contribution in [2.75, 3.05) is 5.73 Å². The molecule has 6 heteroatoms. The number of carboxylic acid groups (broad SMARTS) is 1. The van der Waals surface area contributed by atoms with Crippen LogP contribution in [-0.2, 0) is 4.79 Å². The zero-order valence-electron chi connectivity index (χ0n) is 10.8. The number of carboxylic acids is 1. The number of nitrogens with one attached hydrogen (secondary N) is 1. The molecule has 0 bridgehead atoms. The summed E-state index contributed by atoms with van der Waals surface area (Å²) in [7, 11) is 0. The monoisotopic (exact) mass is 376 g/mol. The number of anilines is 1. The van der Waals surface area contributed by atoms with Gasteiger partial charge in [-0.2, -0.15) is 0 Å². The zero-order valence-corrected chi connectivity index (χ0v) is 13.0. The van der Waals surface area contributed by atoms with Gasteiger partial charge in [-0.1, -0.05) is 20.3 Å². The van der Waals surface area contributed by atoms with Gasteiger partial charge in [0.15, 0.2) is 0 Å². The van der Waals surface area contributed by atoms with E-state index in [1.54, 1.807) is 25.1 Å². The van der Waals surface area contributed by atoms with Gasteiger partial charge in [0.25, 0.3) is 5.91 Å². The molecule has 1 amide bonds. The van der Waals surface area contributed by atoms with Crippen LogP contribution in [-0.4, -0.2) is 23.0 Å². The molecule has 0 heterocycles. The Morgan fingerprint density at radius 3 is 2.58 bits per heavy atom. The molecule has 0 aromatic heterocycles. The molecule has 104 valence electrons. The molecule has 0 radical (unpaired) electrons. The van der Waals surface area contributed by atoms with Crippen molar-refractivity contribution in [1.29, 1.82) is 0 Å². The van der Waals surface area contributed by atoms with Crippen LogP contribution in [0, 0.1) is 9.49 Å². The van der Waals surface area contributed by atoms with Gasteiger partial charge >= 0.3 is 5.97 Å². The van der Waals surface area contributed by atoms with Gasteiger partial charge in [0.1, 0.15) is 6.04 Å². The van der Waals surface area contributed by atoms with Crippen molar-refractivity contribution in [2.45, 2.75) is 26.3 Å². The summed E-state index contributed by atoms with van der Waals surface area (Å²) in [6, 6.07) is 3.98. The summed E-state index contributed by atoms with van der Waals surface area (Å²) in [5.74, 6) is -1.55. The minimum absolute atomic E-state index is 0.130. The fraction of sp³-hybridized carbons (Fsp3) is 0.385. The normalized spacial score (nSPS) is 13.6. The Morgan fingerprint density at radius 2 is 2.11 bits per heavy atom. The second kappa shape index (κ2) is 6.74. The number of hydrogen-bond acceptors (Lipinski definition) is 3. The highest BCUT2D eigenvalue weighted by Crippen LogP contribution is 2.17. The quantitative estimate of drug-likeness (QED) is 0.542. The number of carbonyl (C=O) groups excluding carboxylic acids is 1. The van der Waals surface area contributed by atoms with Crippen LogP contribution in [0.2, 0.25) is 0 Å². The fourth-order valence-electron chi connectivity index (χ4n) is 1.58. The van der Waals surface area contributed by atoms with Crippen molar-refractivity contribution in [3.63, 3.8) is 0 Å². The van der Waals surface area contributed by atoms with Crippen LogP contribution >= 0.6 is 22.6 Å². The highest BCUT2D eigenvalue weighted by molar-refractivity contribution is 14.1. The van der Waals surface area contributed by atoms with E-state index in [1.165, 1.54) is 0 Å². The maximum atomic E-state index is 12.0. The van der Waals surface area contributed by atoms with E-state index in [0.29, 0.717) is 17.7 Å². The smallest absolute Gasteiger partial charge is 0.326 e. The van der Waals surface area contributed by atoms with Gasteiger partial charge in [0, 0.05) is 14.8 Å². The summed E-state index contributed by atoms with van der Waals surface area (Å²) in [4.78, 5) is 23.2. The van der Waals surface area contributed by atoms with E-state index < -0.39 is 17.9 Å². The molecule has 1 rings (SSSR count). The summed E-state index contributed by atoms with van der Waals surface area (Å²) in [5.41, 5.74) is 6.68. The Balaban J connectivity index is 2.87. The summed E-state index contributed by atoms with van der Waals surface area (Å²) in [5, 5.41) is 11.7. The predicted molar refractivity (Wildman–Crippen MR) is 81.9 cm³/mol. The lowest BCUT2D eigenvalue weighted by Gasteiger charge is -2.20. The standard InChI is InChI=1S/C13H17IN2O3/c1-3-7(2)11(13(18)19)16-12(17)8-4-5-10(15)9(14)6-8/h4-7,11H,3,15H2,1-2H3,(H,16,17)(H,18,19)/t7-,11-/m0/s1. The third-order valence-corrected chi connectivity index (χ3v) is 3.96. The van der Waals surface area contributed by atoms with Crippen LogP contribution in [0.1, 0.15) is 30.6 Å². The van der Waals surface area contributed by atoms with E-state index in [2.05, 4.69) is 5.32 Å². The van der Waals surface area contributed by atoms with Crippen molar-refractivity contribution < 1.29 is 14.7 Å². The molecule has 1 aromatic rings. The Bertz CT molecular complexity index is 491. The summed E-state index contributed by atoms with van der Waals surface area (Å²) < 4.78 is 0.765. The van der Waals surface area contributed by atoms with Crippen LogP contribution < -0.4 is 11.1 Å². The van der Waals surface area contributed by atoms with Crippen molar-refractivity contribution >= 4 is 40.2 Å². The topological polar surface area (TPSA) is 92.4 Å². The Labute approximate surface area is 125 Å². The molecule has 0 fully saturated rings. The Kier molecular flexibility index (Phi) is 5.59. The first-order valence-corrected chi connectivity index (χ1v) is 7.03. The van der Waals surface area contributed by atoms with E-state index >= 15 is 0 Å². The van der Waals surface area contributed by atoms with Gasteiger partial charge in [-0.05, 0) is 46.7 Å². The number of aliphatic carboxylic acids is 1. The Morgan fingerprint density at radius 1 is 1.47 bits per heavy atom. The summed E-state index contributed by atoms with van der Waals surface area (Å²) in [6.45, 7) is 3.69. The fourth-order valence-corrected chi connectivity index (χ4v) is 2.09. The largest absolute Gasteiger partial charge is 0.480 e. The number of carbonyl (C=O) groups is 2. The van der Waals surface area contributed by atoms with Gasteiger partial charge in [-0.3, -0.25) is 4.79 Å². The zero-order chi connectivity index (χ0) is 14.6. The molecule has 0 aliphatic rings. The molecular weight excluding hydrogens is 359 g/mol. The first kappa shape index (κ1) is 15.7. The molecule has 0 unspecified atom stereocenters. The molecular formula is C13H17IN2O3. The van der Waals surface area contributed by atoms with E-state index in [9.17, 15) is 9.59 Å². The second-order valence-corrected chi connectivity index (χ2v) is 5.57. The molecule has 0 aliphatic heterocycles. The third-order valence-electron chi connectivity index (χ3n) is 3.03. The Hall–Kier alpha value is -1.31. The van der Waals surface area contributed by atoms with Gasteiger partial charge in [-0.15, -0.1) is 0 Å². The van der Waals surface area contributed by atoms with Crippen molar-refractivity contribution in [3.05, 3.63) is 27.3 Å². The number of hydrogen-bond donors (Lipinski definition) is 3. The molecule has 0 spiro atoms. The molecule has 0 saturated heterocycles. The highest BCUT2D eigenvalue weighted by Gasteiger charge is 2.25. The number of nitrogens with two attached hydrogens (primary N) is 1. The van der Waals surface area contributed by atoms with E-state index in [4.69, 9.17) is 10.8 Å². The minimum atomic E-state index is -1.02. The molecule has 4 N–H and O–H groups in total. The lowest BCUT2D eigenvalue weighted by molar-refractivity contribution is -0.140. The van der Waals surface area contributed by atoms with E-state index in [1.807, 2.05) is 29.5 Å². The van der Waals surface area contributed by atoms with Crippen LogP contribution in [0.25, 0.3) is 0 Å². The van der Waals surface area contributed by atoms with Gasteiger partial charge in [-0.25, -0.2) is 4.79 Å². The van der Waals surface area contributed by atoms with Crippen LogP contribution in [0.15, 0.2) is 18.2 Å². The van der Waals surface area contributed by atoms with Crippen molar-refractivity contribution in [1.82, 2.24) is 5.32 Å². The summed E-state index contributed by atoms with van der Waals surface area (Å²) in [6.07, 6.45) is 0.677. The first-order valence-electron chi connectivity index (χ1n) is 5.95. The van der Waals surface area contributed by atoms with Crippen LogP contribution in [0.5, 0.6) is 0 Å². The highest BCUT2D eigenvalue weighted by atomic mass is 127. The van der Waals surface area contributed by atoms with E-state index in [-0.39, 0.29) is 5.92 Å². The minimum Gasteiger partial charge on any atom is -0.480 e. The van der Waals surface area contributed by atoms with Gasteiger partial charge in [0.05, 0.1) is 0 Å². The number of halogens is 1. The molecule has 0 saturated carbocycles.